The van der Waals surface area contributed by atoms with Gasteiger partial charge < -0.3 is 10.4 Å². The molecule has 0 fully saturated rings. The summed E-state index contributed by atoms with van der Waals surface area (Å²) in [6.07, 6.45) is -2.46. The molecule has 0 aliphatic heterocycles. The summed E-state index contributed by atoms with van der Waals surface area (Å²) in [6.45, 7) is 0.482. The molecule has 0 unspecified atom stereocenters. The lowest BCUT2D eigenvalue weighted by Crippen LogP contribution is -2.01. The quantitative estimate of drug-likeness (QED) is 0.870. The van der Waals surface area contributed by atoms with Crippen molar-refractivity contribution in [2.24, 2.45) is 0 Å². The van der Waals surface area contributed by atoms with Crippen molar-refractivity contribution in [1.82, 2.24) is 0 Å². The van der Waals surface area contributed by atoms with Crippen LogP contribution in [-0.2, 0) is 6.54 Å². The first-order valence-corrected chi connectivity index (χ1v) is 6.00. The largest absolute Gasteiger partial charge is 0.478 e. The Bertz CT molecular complexity index is 580. The van der Waals surface area contributed by atoms with Gasteiger partial charge in [0.05, 0.1) is 5.56 Å². The molecule has 0 atom stereocenters. The SMILES string of the molecule is O=C(O)c1ccc(NCc2ccc(C(F)F)cc2)cc1. The number of carboxylic acids is 1. The zero-order valence-electron chi connectivity index (χ0n) is 10.5. The molecule has 0 spiro atoms. The molecule has 104 valence electrons. The van der Waals surface area contributed by atoms with E-state index in [2.05, 4.69) is 5.32 Å². The minimum absolute atomic E-state index is 0.000406. The Balaban J connectivity index is 1.96. The molecule has 5 heteroatoms. The van der Waals surface area contributed by atoms with Crippen LogP contribution in [0.25, 0.3) is 0 Å². The van der Waals surface area contributed by atoms with Gasteiger partial charge in [0.2, 0.25) is 0 Å². The van der Waals surface area contributed by atoms with Crippen LogP contribution in [0.3, 0.4) is 0 Å². The van der Waals surface area contributed by atoms with E-state index in [1.807, 2.05) is 0 Å². The molecular weight excluding hydrogens is 264 g/mol. The predicted octanol–water partition coefficient (Wildman–Crippen LogP) is 3.93. The second kappa shape index (κ2) is 6.14. The fraction of sp³-hybridized carbons (Fsp3) is 0.133. The van der Waals surface area contributed by atoms with Gasteiger partial charge in [0, 0.05) is 17.8 Å². The molecule has 0 aromatic heterocycles. The van der Waals surface area contributed by atoms with E-state index in [0.29, 0.717) is 6.54 Å². The number of nitrogens with one attached hydrogen (secondary N) is 1. The normalized spacial score (nSPS) is 10.6. The highest BCUT2D eigenvalue weighted by Gasteiger charge is 2.06. The smallest absolute Gasteiger partial charge is 0.335 e. The molecular formula is C15H13F2NO2. The molecule has 0 saturated carbocycles. The van der Waals surface area contributed by atoms with Gasteiger partial charge in [-0.2, -0.15) is 0 Å². The molecule has 2 N–H and O–H groups in total. The Hall–Kier alpha value is -2.43. The number of anilines is 1. The van der Waals surface area contributed by atoms with Crippen molar-refractivity contribution in [3.63, 3.8) is 0 Å². The summed E-state index contributed by atoms with van der Waals surface area (Å²) < 4.78 is 24.8. The van der Waals surface area contributed by atoms with Crippen LogP contribution in [0.1, 0.15) is 27.9 Å². The molecule has 2 aromatic rings. The molecule has 0 aliphatic carbocycles. The van der Waals surface area contributed by atoms with Crippen LogP contribution in [-0.4, -0.2) is 11.1 Å². The molecule has 0 heterocycles. The van der Waals surface area contributed by atoms with E-state index in [1.54, 1.807) is 24.3 Å². The fourth-order valence-corrected chi connectivity index (χ4v) is 1.72. The first-order chi connectivity index (χ1) is 9.56. The van der Waals surface area contributed by atoms with Crippen molar-refractivity contribution in [3.05, 3.63) is 65.2 Å². The van der Waals surface area contributed by atoms with Crippen molar-refractivity contribution >= 4 is 11.7 Å². The van der Waals surface area contributed by atoms with Gasteiger partial charge in [-0.3, -0.25) is 0 Å². The van der Waals surface area contributed by atoms with E-state index in [9.17, 15) is 13.6 Å². The first-order valence-electron chi connectivity index (χ1n) is 6.00. The zero-order valence-corrected chi connectivity index (χ0v) is 10.5. The molecule has 0 amide bonds. The van der Waals surface area contributed by atoms with Crippen molar-refractivity contribution in [1.29, 1.82) is 0 Å². The third-order valence-electron chi connectivity index (χ3n) is 2.86. The Labute approximate surface area is 114 Å². The number of aromatic carboxylic acids is 1. The standard InChI is InChI=1S/C15H13F2NO2/c16-14(17)11-3-1-10(2-4-11)9-18-13-7-5-12(6-8-13)15(19)20/h1-8,14,18H,9H2,(H,19,20). The van der Waals surface area contributed by atoms with E-state index in [0.717, 1.165) is 11.3 Å². The Morgan fingerprint density at radius 1 is 1.05 bits per heavy atom. The van der Waals surface area contributed by atoms with Crippen LogP contribution in [0.4, 0.5) is 14.5 Å². The van der Waals surface area contributed by atoms with Crippen LogP contribution >= 0.6 is 0 Å². The first kappa shape index (κ1) is 14.0. The number of hydrogen-bond acceptors (Lipinski definition) is 2. The topological polar surface area (TPSA) is 49.3 Å². The number of carbonyl (C=O) groups is 1. The predicted molar refractivity (Wildman–Crippen MR) is 72.1 cm³/mol. The van der Waals surface area contributed by atoms with E-state index >= 15 is 0 Å². The van der Waals surface area contributed by atoms with Gasteiger partial charge in [-0.05, 0) is 29.8 Å². The number of carboxylic acid groups (broad SMARTS) is 1. The van der Waals surface area contributed by atoms with Crippen LogP contribution in [0.15, 0.2) is 48.5 Å². The van der Waals surface area contributed by atoms with Gasteiger partial charge >= 0.3 is 5.97 Å². The van der Waals surface area contributed by atoms with E-state index in [1.165, 1.54) is 24.3 Å². The molecule has 2 rings (SSSR count). The van der Waals surface area contributed by atoms with Crippen LogP contribution in [0.2, 0.25) is 0 Å². The van der Waals surface area contributed by atoms with E-state index < -0.39 is 12.4 Å². The molecule has 0 radical (unpaired) electrons. The fourth-order valence-electron chi connectivity index (χ4n) is 1.72. The van der Waals surface area contributed by atoms with Crippen LogP contribution in [0.5, 0.6) is 0 Å². The van der Waals surface area contributed by atoms with Crippen molar-refractivity contribution in [3.8, 4) is 0 Å². The average molecular weight is 277 g/mol. The number of halogens is 2. The second-order valence-electron chi connectivity index (χ2n) is 4.28. The van der Waals surface area contributed by atoms with E-state index in [-0.39, 0.29) is 11.1 Å². The van der Waals surface area contributed by atoms with Gasteiger partial charge in [0.25, 0.3) is 6.43 Å². The second-order valence-corrected chi connectivity index (χ2v) is 4.28. The highest BCUT2D eigenvalue weighted by molar-refractivity contribution is 5.87. The zero-order chi connectivity index (χ0) is 14.5. The van der Waals surface area contributed by atoms with Gasteiger partial charge in [0.15, 0.2) is 0 Å². The molecule has 2 aromatic carbocycles. The monoisotopic (exact) mass is 277 g/mol. The summed E-state index contributed by atoms with van der Waals surface area (Å²) in [6, 6.07) is 12.4. The molecule has 0 bridgehead atoms. The number of alkyl halides is 2. The molecule has 20 heavy (non-hydrogen) atoms. The minimum Gasteiger partial charge on any atom is -0.478 e. The third-order valence-corrected chi connectivity index (χ3v) is 2.86. The maximum Gasteiger partial charge on any atom is 0.335 e. The van der Waals surface area contributed by atoms with Gasteiger partial charge in [-0.1, -0.05) is 24.3 Å². The highest BCUT2D eigenvalue weighted by atomic mass is 19.3. The molecule has 0 saturated heterocycles. The molecule has 0 aliphatic rings. The number of benzene rings is 2. The average Bonchev–Trinajstić information content (AvgIpc) is 2.46. The summed E-state index contributed by atoms with van der Waals surface area (Å²) in [7, 11) is 0. The van der Waals surface area contributed by atoms with Crippen molar-refractivity contribution < 1.29 is 18.7 Å². The van der Waals surface area contributed by atoms with Gasteiger partial charge in [0.1, 0.15) is 0 Å². The summed E-state index contributed by atoms with van der Waals surface area (Å²) in [4.78, 5) is 10.7. The van der Waals surface area contributed by atoms with Crippen molar-refractivity contribution in [2.45, 2.75) is 13.0 Å². The summed E-state index contributed by atoms with van der Waals surface area (Å²) >= 11 is 0. The lowest BCUT2D eigenvalue weighted by Gasteiger charge is -2.07. The highest BCUT2D eigenvalue weighted by Crippen LogP contribution is 2.19. The molecule has 3 nitrogen and oxygen atoms in total. The lowest BCUT2D eigenvalue weighted by atomic mass is 10.1. The summed E-state index contributed by atoms with van der Waals surface area (Å²) in [5, 5.41) is 11.9. The summed E-state index contributed by atoms with van der Waals surface area (Å²) in [5.74, 6) is -0.973. The maximum absolute atomic E-state index is 12.4. The van der Waals surface area contributed by atoms with E-state index in [4.69, 9.17) is 5.11 Å². The third kappa shape index (κ3) is 3.54. The van der Waals surface area contributed by atoms with Crippen molar-refractivity contribution in [2.75, 3.05) is 5.32 Å². The number of rotatable bonds is 5. The number of hydrogen-bond donors (Lipinski definition) is 2. The maximum atomic E-state index is 12.4. The Morgan fingerprint density at radius 2 is 1.65 bits per heavy atom. The lowest BCUT2D eigenvalue weighted by molar-refractivity contribution is 0.0697. The Kier molecular flexibility index (Phi) is 4.30. The van der Waals surface area contributed by atoms with Crippen LogP contribution in [0, 0.1) is 0 Å². The minimum atomic E-state index is -2.46. The van der Waals surface area contributed by atoms with Crippen LogP contribution < -0.4 is 5.32 Å². The van der Waals surface area contributed by atoms with Gasteiger partial charge in [-0.15, -0.1) is 0 Å². The summed E-state index contributed by atoms with van der Waals surface area (Å²) in [5.41, 5.74) is 1.86. The van der Waals surface area contributed by atoms with Gasteiger partial charge in [-0.25, -0.2) is 13.6 Å². The Morgan fingerprint density at radius 3 is 2.15 bits per heavy atom.